The molecule has 162 valence electrons. The zero-order chi connectivity index (χ0) is 21.6. The van der Waals surface area contributed by atoms with Crippen molar-refractivity contribution in [1.29, 1.82) is 0 Å². The molecule has 0 aliphatic carbocycles. The summed E-state index contributed by atoms with van der Waals surface area (Å²) in [5.41, 5.74) is 2.92. The van der Waals surface area contributed by atoms with Crippen LogP contribution in [0.1, 0.15) is 31.4 Å². The molecule has 2 rings (SSSR count). The van der Waals surface area contributed by atoms with E-state index in [4.69, 9.17) is 14.5 Å². The molecule has 0 atom stereocenters. The molecule has 0 saturated heterocycles. The number of rotatable bonds is 11. The Balaban J connectivity index is 1.98. The van der Waals surface area contributed by atoms with E-state index in [1.54, 1.807) is 7.11 Å². The van der Waals surface area contributed by atoms with Gasteiger partial charge in [0.2, 0.25) is 5.91 Å². The number of guanidine groups is 1. The van der Waals surface area contributed by atoms with Crippen LogP contribution in [-0.2, 0) is 22.6 Å². The molecule has 0 unspecified atom stereocenters. The summed E-state index contributed by atoms with van der Waals surface area (Å²) in [6, 6.07) is 15.6. The molecule has 0 aromatic heterocycles. The minimum absolute atomic E-state index is 0.0894. The normalized spacial score (nSPS) is 11.1. The average molecular weight is 413 g/mol. The first-order valence-electron chi connectivity index (χ1n) is 10.2. The molecule has 0 aliphatic heterocycles. The monoisotopic (exact) mass is 412 g/mol. The number of nitrogens with zero attached hydrogens (tertiary/aromatic N) is 1. The van der Waals surface area contributed by atoms with E-state index in [0.29, 0.717) is 19.7 Å². The quantitative estimate of drug-likeness (QED) is 0.300. The maximum absolute atomic E-state index is 11.3. The van der Waals surface area contributed by atoms with Gasteiger partial charge in [0.15, 0.2) is 5.96 Å². The van der Waals surface area contributed by atoms with E-state index < -0.39 is 0 Å². The number of anilines is 1. The second-order valence-corrected chi connectivity index (χ2v) is 6.73. The van der Waals surface area contributed by atoms with Crippen LogP contribution in [-0.4, -0.2) is 38.7 Å². The summed E-state index contributed by atoms with van der Waals surface area (Å²) in [4.78, 5) is 16.0. The maximum Gasteiger partial charge on any atom is 0.221 e. The van der Waals surface area contributed by atoms with Gasteiger partial charge in [-0.25, -0.2) is 4.99 Å². The van der Waals surface area contributed by atoms with E-state index in [-0.39, 0.29) is 5.91 Å². The van der Waals surface area contributed by atoms with Crippen molar-refractivity contribution in [3.63, 3.8) is 0 Å². The van der Waals surface area contributed by atoms with E-state index in [0.717, 1.165) is 48.1 Å². The Morgan fingerprint density at radius 3 is 2.57 bits per heavy atom. The first-order chi connectivity index (χ1) is 14.6. The van der Waals surface area contributed by atoms with Gasteiger partial charge in [-0.2, -0.15) is 0 Å². The van der Waals surface area contributed by atoms with E-state index in [1.165, 1.54) is 6.92 Å². The highest BCUT2D eigenvalue weighted by atomic mass is 16.5. The number of hydrogen-bond acceptors (Lipinski definition) is 4. The molecule has 0 radical (unpaired) electrons. The molecule has 3 N–H and O–H groups in total. The van der Waals surface area contributed by atoms with Crippen molar-refractivity contribution >= 4 is 17.6 Å². The molecule has 0 fully saturated rings. The summed E-state index contributed by atoms with van der Waals surface area (Å²) in [7, 11) is 1.66. The smallest absolute Gasteiger partial charge is 0.221 e. The molecule has 7 nitrogen and oxygen atoms in total. The average Bonchev–Trinajstić information content (AvgIpc) is 2.75. The second-order valence-electron chi connectivity index (χ2n) is 6.73. The Hall–Kier alpha value is -3.06. The van der Waals surface area contributed by atoms with Gasteiger partial charge in [0.1, 0.15) is 5.75 Å². The fourth-order valence-electron chi connectivity index (χ4n) is 2.75. The third-order valence-corrected chi connectivity index (χ3v) is 4.25. The Morgan fingerprint density at radius 1 is 1.07 bits per heavy atom. The predicted octanol–water partition coefficient (Wildman–Crippen LogP) is 3.32. The number of carbonyl (C=O) groups excluding carboxylic acids is 1. The third kappa shape index (κ3) is 8.96. The van der Waals surface area contributed by atoms with Crippen LogP contribution < -0.4 is 20.7 Å². The van der Waals surface area contributed by atoms with E-state index in [1.807, 2.05) is 55.5 Å². The number of benzene rings is 2. The van der Waals surface area contributed by atoms with Gasteiger partial charge in [0, 0.05) is 38.9 Å². The maximum atomic E-state index is 11.3. The summed E-state index contributed by atoms with van der Waals surface area (Å²) in [6.45, 7) is 6.84. The summed E-state index contributed by atoms with van der Waals surface area (Å²) in [5.74, 6) is 1.47. The van der Waals surface area contributed by atoms with Gasteiger partial charge in [-0.05, 0) is 48.7 Å². The lowest BCUT2D eigenvalue weighted by Gasteiger charge is -2.13. The van der Waals surface area contributed by atoms with Crippen molar-refractivity contribution in [2.45, 2.75) is 33.4 Å². The van der Waals surface area contributed by atoms with Crippen LogP contribution in [0.3, 0.4) is 0 Å². The highest BCUT2D eigenvalue weighted by Crippen LogP contribution is 2.12. The van der Waals surface area contributed by atoms with E-state index >= 15 is 0 Å². The van der Waals surface area contributed by atoms with Crippen molar-refractivity contribution in [2.75, 3.05) is 32.2 Å². The number of hydrogen-bond donors (Lipinski definition) is 3. The number of ether oxygens (including phenoxy) is 2. The predicted molar refractivity (Wildman–Crippen MR) is 121 cm³/mol. The molecule has 2 aromatic rings. The SMILES string of the molecule is CCOCCCNC(=NCc1cccc(NC(C)=O)c1)NCc1ccc(OC)cc1. The van der Waals surface area contributed by atoms with Crippen LogP contribution in [0.2, 0.25) is 0 Å². The lowest BCUT2D eigenvalue weighted by atomic mass is 10.2. The van der Waals surface area contributed by atoms with Crippen LogP contribution in [0.25, 0.3) is 0 Å². The molecule has 7 heteroatoms. The summed E-state index contributed by atoms with van der Waals surface area (Å²) >= 11 is 0. The number of amides is 1. The Bertz CT molecular complexity index is 806. The Labute approximate surface area is 178 Å². The highest BCUT2D eigenvalue weighted by molar-refractivity contribution is 5.88. The highest BCUT2D eigenvalue weighted by Gasteiger charge is 2.02. The molecule has 2 aromatic carbocycles. The summed E-state index contributed by atoms with van der Waals surface area (Å²) in [5, 5.41) is 9.52. The van der Waals surface area contributed by atoms with Crippen LogP contribution in [0.5, 0.6) is 5.75 Å². The van der Waals surface area contributed by atoms with Crippen molar-refractivity contribution in [3.05, 3.63) is 59.7 Å². The molecular formula is C23H32N4O3. The molecule has 0 bridgehead atoms. The van der Waals surface area contributed by atoms with Crippen molar-refractivity contribution in [3.8, 4) is 5.75 Å². The zero-order valence-electron chi connectivity index (χ0n) is 18.0. The molecular weight excluding hydrogens is 380 g/mol. The van der Waals surface area contributed by atoms with Crippen LogP contribution in [0, 0.1) is 0 Å². The Kier molecular flexibility index (Phi) is 10.2. The van der Waals surface area contributed by atoms with E-state index in [9.17, 15) is 4.79 Å². The summed E-state index contributed by atoms with van der Waals surface area (Å²) in [6.07, 6.45) is 0.898. The number of aliphatic imine (C=N–C) groups is 1. The minimum atomic E-state index is -0.0894. The standard InChI is InChI=1S/C23H32N4O3/c1-4-30-14-6-13-24-23(25-16-19-9-11-22(29-3)12-10-19)26-17-20-7-5-8-21(15-20)27-18(2)28/h5,7-12,15H,4,6,13-14,16-17H2,1-3H3,(H,27,28)(H2,24,25,26). The van der Waals surface area contributed by atoms with Crippen molar-refractivity contribution < 1.29 is 14.3 Å². The van der Waals surface area contributed by atoms with Gasteiger partial charge in [0.05, 0.1) is 13.7 Å². The summed E-state index contributed by atoms with van der Waals surface area (Å²) < 4.78 is 10.6. The fraction of sp³-hybridized carbons (Fsp3) is 0.391. The van der Waals surface area contributed by atoms with Gasteiger partial charge in [-0.15, -0.1) is 0 Å². The molecule has 0 spiro atoms. The molecule has 0 aliphatic rings. The van der Waals surface area contributed by atoms with Crippen LogP contribution in [0.4, 0.5) is 5.69 Å². The largest absolute Gasteiger partial charge is 0.497 e. The van der Waals surface area contributed by atoms with Gasteiger partial charge in [-0.1, -0.05) is 24.3 Å². The van der Waals surface area contributed by atoms with Crippen molar-refractivity contribution in [1.82, 2.24) is 10.6 Å². The van der Waals surface area contributed by atoms with Crippen LogP contribution >= 0.6 is 0 Å². The molecule has 0 saturated carbocycles. The number of methoxy groups -OCH3 is 1. The third-order valence-electron chi connectivity index (χ3n) is 4.25. The first kappa shape index (κ1) is 23.2. The first-order valence-corrected chi connectivity index (χ1v) is 10.2. The second kappa shape index (κ2) is 13.2. The molecule has 1 amide bonds. The van der Waals surface area contributed by atoms with Crippen molar-refractivity contribution in [2.24, 2.45) is 4.99 Å². The fourth-order valence-corrected chi connectivity index (χ4v) is 2.75. The topological polar surface area (TPSA) is 84.0 Å². The number of nitrogens with one attached hydrogen (secondary N) is 3. The lowest BCUT2D eigenvalue weighted by molar-refractivity contribution is -0.114. The van der Waals surface area contributed by atoms with E-state index in [2.05, 4.69) is 16.0 Å². The van der Waals surface area contributed by atoms with Crippen LogP contribution in [0.15, 0.2) is 53.5 Å². The van der Waals surface area contributed by atoms with Gasteiger partial charge in [0.25, 0.3) is 0 Å². The number of carbonyl (C=O) groups is 1. The van der Waals surface area contributed by atoms with Gasteiger partial charge in [-0.3, -0.25) is 4.79 Å². The lowest BCUT2D eigenvalue weighted by Crippen LogP contribution is -2.37. The Morgan fingerprint density at radius 2 is 1.87 bits per heavy atom. The minimum Gasteiger partial charge on any atom is -0.497 e. The van der Waals surface area contributed by atoms with Gasteiger partial charge < -0.3 is 25.4 Å². The van der Waals surface area contributed by atoms with Gasteiger partial charge >= 0.3 is 0 Å². The molecule has 30 heavy (non-hydrogen) atoms. The molecule has 0 heterocycles. The zero-order valence-corrected chi connectivity index (χ0v) is 18.0.